The fourth-order valence-corrected chi connectivity index (χ4v) is 3.25. The zero-order valence-corrected chi connectivity index (χ0v) is 12.5. The first-order valence-corrected chi connectivity index (χ1v) is 8.30. The number of aromatic nitrogens is 2. The van der Waals surface area contributed by atoms with Gasteiger partial charge in [0.2, 0.25) is 0 Å². The summed E-state index contributed by atoms with van der Waals surface area (Å²) in [7, 11) is -1.81. The van der Waals surface area contributed by atoms with Gasteiger partial charge in [0.25, 0.3) is 10.0 Å². The van der Waals surface area contributed by atoms with Crippen LogP contribution in [0.25, 0.3) is 0 Å². The predicted molar refractivity (Wildman–Crippen MR) is 74.6 cm³/mol. The third-order valence-corrected chi connectivity index (χ3v) is 4.77. The van der Waals surface area contributed by atoms with Crippen molar-refractivity contribution in [2.75, 3.05) is 13.2 Å². The van der Waals surface area contributed by atoms with Crippen molar-refractivity contribution >= 4 is 10.0 Å². The first-order chi connectivity index (χ1) is 9.47. The van der Waals surface area contributed by atoms with Crippen molar-refractivity contribution < 1.29 is 13.2 Å². The number of nitrogens with zero attached hydrogens (tertiary/aromatic N) is 2. The van der Waals surface area contributed by atoms with Crippen LogP contribution in [0.2, 0.25) is 0 Å². The van der Waals surface area contributed by atoms with E-state index in [4.69, 9.17) is 10.5 Å². The number of aryl methyl sites for hydroxylation is 1. The Hall–Kier alpha value is -0.960. The Bertz CT molecular complexity index is 521. The van der Waals surface area contributed by atoms with Crippen LogP contribution in [-0.2, 0) is 21.8 Å². The third-order valence-electron chi connectivity index (χ3n) is 3.42. The molecule has 1 fully saturated rings. The number of rotatable bonds is 6. The van der Waals surface area contributed by atoms with E-state index in [9.17, 15) is 8.42 Å². The fraction of sp³-hybridized carbons (Fsp3) is 0.750. The highest BCUT2D eigenvalue weighted by Crippen LogP contribution is 2.19. The van der Waals surface area contributed by atoms with Gasteiger partial charge in [0.05, 0.1) is 19.0 Å². The minimum atomic E-state index is -3.53. The summed E-state index contributed by atoms with van der Waals surface area (Å²) in [4.78, 5) is 3.82. The summed E-state index contributed by atoms with van der Waals surface area (Å²) in [6.07, 6.45) is 6.98. The highest BCUT2D eigenvalue weighted by molar-refractivity contribution is 7.89. The van der Waals surface area contributed by atoms with Crippen molar-refractivity contribution in [3.05, 3.63) is 12.5 Å². The largest absolute Gasteiger partial charge is 0.377 e. The van der Waals surface area contributed by atoms with Crippen LogP contribution >= 0.6 is 0 Å². The first kappa shape index (κ1) is 15.4. The van der Waals surface area contributed by atoms with Crippen LogP contribution in [0.4, 0.5) is 0 Å². The molecule has 0 aromatic carbocycles. The average molecular weight is 302 g/mol. The molecule has 7 nitrogen and oxygen atoms in total. The van der Waals surface area contributed by atoms with Crippen molar-refractivity contribution in [1.82, 2.24) is 14.3 Å². The van der Waals surface area contributed by atoms with Crippen LogP contribution < -0.4 is 10.5 Å². The number of hydrogen-bond donors (Lipinski definition) is 2. The van der Waals surface area contributed by atoms with Gasteiger partial charge in [-0.05, 0) is 25.7 Å². The Labute approximate surface area is 119 Å². The van der Waals surface area contributed by atoms with E-state index < -0.39 is 10.0 Å². The standard InChI is InChI=1S/C12H22N4O3S/c1-16-8-12(14-9-16)20(17,18)15-6-7-19-11-4-2-10(13)3-5-11/h8-11,15H,2-7,13H2,1H3. The summed E-state index contributed by atoms with van der Waals surface area (Å²) in [6.45, 7) is 0.618. The molecule has 1 heterocycles. The Balaban J connectivity index is 1.70. The highest BCUT2D eigenvalue weighted by atomic mass is 32.2. The predicted octanol–water partition coefficient (Wildman–Crippen LogP) is -0.0151. The molecule has 0 spiro atoms. The normalized spacial score (nSPS) is 23.9. The molecule has 0 radical (unpaired) electrons. The smallest absolute Gasteiger partial charge is 0.259 e. The fourth-order valence-electron chi connectivity index (χ4n) is 2.26. The average Bonchev–Trinajstić information content (AvgIpc) is 2.84. The summed E-state index contributed by atoms with van der Waals surface area (Å²) in [5, 5.41) is 0.0311. The molecule has 0 unspecified atom stereocenters. The number of ether oxygens (including phenoxy) is 1. The van der Waals surface area contributed by atoms with E-state index in [2.05, 4.69) is 9.71 Å². The van der Waals surface area contributed by atoms with Crippen molar-refractivity contribution in [2.45, 2.75) is 42.9 Å². The summed E-state index contributed by atoms with van der Waals surface area (Å²) in [5.74, 6) is 0. The van der Waals surface area contributed by atoms with E-state index in [1.54, 1.807) is 11.6 Å². The molecule has 1 aromatic rings. The maximum absolute atomic E-state index is 11.9. The van der Waals surface area contributed by atoms with E-state index in [1.165, 1.54) is 12.5 Å². The number of imidazole rings is 1. The molecule has 3 N–H and O–H groups in total. The molecule has 0 aliphatic heterocycles. The minimum Gasteiger partial charge on any atom is -0.377 e. The molecule has 0 bridgehead atoms. The van der Waals surface area contributed by atoms with Crippen LogP contribution in [0.3, 0.4) is 0 Å². The number of nitrogens with one attached hydrogen (secondary N) is 1. The van der Waals surface area contributed by atoms with Crippen LogP contribution in [0, 0.1) is 0 Å². The van der Waals surface area contributed by atoms with Crippen LogP contribution in [0.15, 0.2) is 17.6 Å². The molecule has 0 amide bonds. The zero-order valence-electron chi connectivity index (χ0n) is 11.7. The van der Waals surface area contributed by atoms with Gasteiger partial charge in [0.15, 0.2) is 5.03 Å². The van der Waals surface area contributed by atoms with E-state index in [1.807, 2.05) is 0 Å². The minimum absolute atomic E-state index is 0.0311. The maximum atomic E-state index is 11.9. The molecule has 1 aliphatic carbocycles. The van der Waals surface area contributed by atoms with E-state index in [-0.39, 0.29) is 23.7 Å². The SMILES string of the molecule is Cn1cnc(S(=O)(=O)NCCOC2CCC(N)CC2)c1. The van der Waals surface area contributed by atoms with Crippen LogP contribution in [0.5, 0.6) is 0 Å². The van der Waals surface area contributed by atoms with Gasteiger partial charge in [0, 0.05) is 25.8 Å². The lowest BCUT2D eigenvalue weighted by Crippen LogP contribution is -2.33. The van der Waals surface area contributed by atoms with Crippen molar-refractivity contribution in [2.24, 2.45) is 12.8 Å². The molecule has 2 rings (SSSR count). The molecule has 114 valence electrons. The number of hydrogen-bond acceptors (Lipinski definition) is 5. The van der Waals surface area contributed by atoms with Crippen molar-refractivity contribution in [3.8, 4) is 0 Å². The van der Waals surface area contributed by atoms with Crippen molar-refractivity contribution in [1.29, 1.82) is 0 Å². The Morgan fingerprint density at radius 2 is 2.15 bits per heavy atom. The van der Waals surface area contributed by atoms with E-state index in [0.717, 1.165) is 25.7 Å². The molecule has 1 aliphatic rings. The summed E-state index contributed by atoms with van der Waals surface area (Å²) >= 11 is 0. The van der Waals surface area contributed by atoms with E-state index in [0.29, 0.717) is 6.61 Å². The lowest BCUT2D eigenvalue weighted by Gasteiger charge is -2.26. The second-order valence-corrected chi connectivity index (χ2v) is 6.90. The molecule has 0 saturated heterocycles. The molecule has 1 saturated carbocycles. The van der Waals surface area contributed by atoms with Gasteiger partial charge in [-0.2, -0.15) is 0 Å². The monoisotopic (exact) mass is 302 g/mol. The molecule has 0 atom stereocenters. The lowest BCUT2D eigenvalue weighted by atomic mass is 9.94. The number of nitrogens with two attached hydrogens (primary N) is 1. The zero-order chi connectivity index (χ0) is 14.6. The van der Waals surface area contributed by atoms with Crippen molar-refractivity contribution in [3.63, 3.8) is 0 Å². The van der Waals surface area contributed by atoms with Gasteiger partial charge >= 0.3 is 0 Å². The van der Waals surface area contributed by atoms with Gasteiger partial charge in [-0.25, -0.2) is 18.1 Å². The Kier molecular flexibility index (Phi) is 5.14. The highest BCUT2D eigenvalue weighted by Gasteiger charge is 2.20. The maximum Gasteiger partial charge on any atom is 0.259 e. The van der Waals surface area contributed by atoms with Gasteiger partial charge in [-0.3, -0.25) is 0 Å². The topological polar surface area (TPSA) is 99.2 Å². The lowest BCUT2D eigenvalue weighted by molar-refractivity contribution is 0.0287. The molecular weight excluding hydrogens is 280 g/mol. The first-order valence-electron chi connectivity index (χ1n) is 6.82. The summed E-state index contributed by atoms with van der Waals surface area (Å²) in [5.41, 5.74) is 5.82. The van der Waals surface area contributed by atoms with E-state index >= 15 is 0 Å². The molecule has 20 heavy (non-hydrogen) atoms. The quantitative estimate of drug-likeness (QED) is 0.720. The molecular formula is C12H22N4O3S. The molecule has 1 aromatic heterocycles. The second kappa shape index (κ2) is 6.66. The Morgan fingerprint density at radius 3 is 2.75 bits per heavy atom. The van der Waals surface area contributed by atoms with Gasteiger partial charge < -0.3 is 15.0 Å². The number of sulfonamides is 1. The van der Waals surface area contributed by atoms with Gasteiger partial charge in [-0.1, -0.05) is 0 Å². The van der Waals surface area contributed by atoms with Crippen LogP contribution in [-0.4, -0.2) is 43.3 Å². The molecule has 8 heteroatoms. The third kappa shape index (κ3) is 4.27. The van der Waals surface area contributed by atoms with Crippen LogP contribution in [0.1, 0.15) is 25.7 Å². The van der Waals surface area contributed by atoms with Gasteiger partial charge in [0.1, 0.15) is 0 Å². The summed E-state index contributed by atoms with van der Waals surface area (Å²) in [6, 6.07) is 0.289. The summed E-state index contributed by atoms with van der Waals surface area (Å²) < 4.78 is 33.5. The second-order valence-electron chi connectivity index (χ2n) is 5.18. The van der Waals surface area contributed by atoms with Gasteiger partial charge in [-0.15, -0.1) is 0 Å². The Morgan fingerprint density at radius 1 is 1.45 bits per heavy atom.